The van der Waals surface area contributed by atoms with E-state index in [1.807, 2.05) is 47.9 Å². The van der Waals surface area contributed by atoms with Crippen molar-refractivity contribution in [2.45, 2.75) is 46.4 Å². The molecule has 1 unspecified atom stereocenters. The van der Waals surface area contributed by atoms with Crippen LogP contribution in [0.1, 0.15) is 37.4 Å². The Labute approximate surface area is 167 Å². The van der Waals surface area contributed by atoms with Crippen molar-refractivity contribution in [1.29, 1.82) is 0 Å². The molecule has 3 amide bonds. The van der Waals surface area contributed by atoms with E-state index in [0.717, 1.165) is 11.4 Å². The number of rotatable bonds is 8. The average Bonchev–Trinajstić information content (AvgIpc) is 2.95. The summed E-state index contributed by atoms with van der Waals surface area (Å²) in [5.74, 6) is 0.113. The first-order chi connectivity index (χ1) is 12.5. The highest BCUT2D eigenvalue weighted by Crippen LogP contribution is 2.17. The molecule has 1 heterocycles. The normalized spacial score (nSPS) is 12.6. The highest BCUT2D eigenvalue weighted by molar-refractivity contribution is 7.11. The molecule has 1 rings (SSSR count). The Morgan fingerprint density at radius 3 is 2.37 bits per heavy atom. The molecule has 2 N–H and O–H groups in total. The number of ether oxygens (including phenoxy) is 1. The monoisotopic (exact) mass is 398 g/mol. The highest BCUT2D eigenvalue weighted by atomic mass is 32.1. The van der Waals surface area contributed by atoms with Crippen molar-refractivity contribution in [2.75, 3.05) is 34.2 Å². The molecule has 1 aromatic heterocycles. The van der Waals surface area contributed by atoms with Crippen molar-refractivity contribution in [3.63, 3.8) is 0 Å². The van der Waals surface area contributed by atoms with Gasteiger partial charge in [0.25, 0.3) is 0 Å². The quantitative estimate of drug-likeness (QED) is 0.706. The fraction of sp³-hybridized carbons (Fsp3) is 0.684. The zero-order valence-corrected chi connectivity index (χ0v) is 18.4. The number of hydrogen-bond acceptors (Lipinski definition) is 5. The van der Waals surface area contributed by atoms with E-state index in [2.05, 4.69) is 21.6 Å². The number of nitrogens with zero attached hydrogens (tertiary/aromatic N) is 2. The van der Waals surface area contributed by atoms with Crippen LogP contribution in [0.25, 0.3) is 0 Å². The van der Waals surface area contributed by atoms with Crippen molar-refractivity contribution in [2.24, 2.45) is 5.92 Å². The number of carbonyl (C=O) groups is 2. The molecule has 0 aromatic carbocycles. The van der Waals surface area contributed by atoms with Gasteiger partial charge in [0.1, 0.15) is 5.60 Å². The van der Waals surface area contributed by atoms with Gasteiger partial charge in [0.05, 0.1) is 6.54 Å². The number of hydrogen-bond donors (Lipinski definition) is 2. The summed E-state index contributed by atoms with van der Waals surface area (Å²) in [5.41, 5.74) is -0.513. The van der Waals surface area contributed by atoms with Gasteiger partial charge in [0.15, 0.2) is 0 Å². The Kier molecular flexibility index (Phi) is 9.05. The average molecular weight is 399 g/mol. The van der Waals surface area contributed by atoms with E-state index in [4.69, 9.17) is 4.74 Å². The van der Waals surface area contributed by atoms with Gasteiger partial charge in [0, 0.05) is 36.4 Å². The van der Waals surface area contributed by atoms with Crippen LogP contribution < -0.4 is 10.6 Å². The summed E-state index contributed by atoms with van der Waals surface area (Å²) in [6.07, 6.45) is -0.356. The summed E-state index contributed by atoms with van der Waals surface area (Å²) < 4.78 is 5.32. The predicted molar refractivity (Wildman–Crippen MR) is 110 cm³/mol. The van der Waals surface area contributed by atoms with Gasteiger partial charge < -0.3 is 25.2 Å². The maximum absolute atomic E-state index is 12.0. The van der Waals surface area contributed by atoms with E-state index in [-0.39, 0.29) is 18.0 Å². The maximum Gasteiger partial charge on any atom is 0.410 e. The second-order valence-corrected chi connectivity index (χ2v) is 9.39. The minimum atomic E-state index is -0.513. The van der Waals surface area contributed by atoms with Gasteiger partial charge in [-0.1, -0.05) is 6.92 Å². The molecule has 0 aliphatic carbocycles. The number of amides is 3. The number of thiophene rings is 1. The topological polar surface area (TPSA) is 73.9 Å². The summed E-state index contributed by atoms with van der Waals surface area (Å²) in [7, 11) is 5.77. The Morgan fingerprint density at radius 2 is 1.78 bits per heavy atom. The van der Waals surface area contributed by atoms with Crippen LogP contribution in [0.2, 0.25) is 0 Å². The molecule has 7 nitrogen and oxygen atoms in total. The Morgan fingerprint density at radius 1 is 1.15 bits per heavy atom. The molecular weight excluding hydrogens is 364 g/mol. The maximum atomic E-state index is 12.0. The minimum Gasteiger partial charge on any atom is -0.444 e. The van der Waals surface area contributed by atoms with Crippen LogP contribution >= 0.6 is 11.3 Å². The van der Waals surface area contributed by atoms with Crippen molar-refractivity contribution in [1.82, 2.24) is 20.4 Å². The fourth-order valence-electron chi connectivity index (χ4n) is 2.36. The molecule has 1 aromatic rings. The molecule has 0 saturated carbocycles. The van der Waals surface area contributed by atoms with Crippen molar-refractivity contribution >= 4 is 23.5 Å². The molecule has 154 valence electrons. The third-order valence-corrected chi connectivity index (χ3v) is 4.58. The fourth-order valence-corrected chi connectivity index (χ4v) is 3.43. The summed E-state index contributed by atoms with van der Waals surface area (Å²) >= 11 is 1.70. The van der Waals surface area contributed by atoms with E-state index in [9.17, 15) is 9.59 Å². The standard InChI is InChI=1S/C19H34N4O3S/c1-14(12-23(7)18(25)26-19(2,3)4)10-20-17(24)21-11-15-8-9-16(27-15)13-22(5)6/h8-9,14H,10-13H2,1-7H3,(H2,20,21,24). The predicted octanol–water partition coefficient (Wildman–Crippen LogP) is 3.11. The van der Waals surface area contributed by atoms with E-state index in [1.165, 1.54) is 9.78 Å². The van der Waals surface area contributed by atoms with E-state index < -0.39 is 5.60 Å². The second kappa shape index (κ2) is 10.5. The molecule has 0 fully saturated rings. The number of urea groups is 1. The molecular formula is C19H34N4O3S. The lowest BCUT2D eigenvalue weighted by Gasteiger charge is -2.26. The molecule has 27 heavy (non-hydrogen) atoms. The Balaban J connectivity index is 2.29. The lowest BCUT2D eigenvalue weighted by Crippen LogP contribution is -2.41. The second-order valence-electron chi connectivity index (χ2n) is 8.14. The minimum absolute atomic E-state index is 0.113. The smallest absolute Gasteiger partial charge is 0.410 e. The van der Waals surface area contributed by atoms with Gasteiger partial charge in [-0.25, -0.2) is 9.59 Å². The third-order valence-electron chi connectivity index (χ3n) is 3.51. The molecule has 0 radical (unpaired) electrons. The van der Waals surface area contributed by atoms with Gasteiger partial charge in [-0.3, -0.25) is 0 Å². The highest BCUT2D eigenvalue weighted by Gasteiger charge is 2.20. The lowest BCUT2D eigenvalue weighted by atomic mass is 10.1. The van der Waals surface area contributed by atoms with Gasteiger partial charge >= 0.3 is 12.1 Å². The molecule has 0 aliphatic heterocycles. The van der Waals surface area contributed by atoms with Crippen molar-refractivity contribution in [3.05, 3.63) is 21.9 Å². The summed E-state index contributed by atoms with van der Waals surface area (Å²) in [6.45, 7) is 9.90. The zero-order valence-electron chi connectivity index (χ0n) is 17.6. The van der Waals surface area contributed by atoms with E-state index >= 15 is 0 Å². The van der Waals surface area contributed by atoms with Gasteiger partial charge in [-0.05, 0) is 52.9 Å². The van der Waals surface area contributed by atoms with Crippen LogP contribution in [-0.4, -0.2) is 61.8 Å². The van der Waals surface area contributed by atoms with Gasteiger partial charge in [-0.15, -0.1) is 11.3 Å². The zero-order chi connectivity index (χ0) is 20.6. The third kappa shape index (κ3) is 10.2. The van der Waals surface area contributed by atoms with Crippen LogP contribution in [0.3, 0.4) is 0 Å². The Bertz CT molecular complexity index is 610. The lowest BCUT2D eigenvalue weighted by molar-refractivity contribution is 0.0277. The summed E-state index contributed by atoms with van der Waals surface area (Å²) in [5, 5.41) is 5.72. The van der Waals surface area contributed by atoms with Crippen LogP contribution in [0.4, 0.5) is 9.59 Å². The molecule has 0 aliphatic rings. The van der Waals surface area contributed by atoms with Crippen LogP contribution in [-0.2, 0) is 17.8 Å². The number of carbonyl (C=O) groups excluding carboxylic acids is 2. The van der Waals surface area contributed by atoms with Crippen molar-refractivity contribution < 1.29 is 14.3 Å². The van der Waals surface area contributed by atoms with Gasteiger partial charge in [0.2, 0.25) is 0 Å². The largest absolute Gasteiger partial charge is 0.444 e. The SMILES string of the molecule is CC(CNC(=O)NCc1ccc(CN(C)C)s1)CN(C)C(=O)OC(C)(C)C. The first kappa shape index (κ1) is 23.2. The molecule has 8 heteroatoms. The molecule has 0 spiro atoms. The molecule has 1 atom stereocenters. The molecule has 0 bridgehead atoms. The Hall–Kier alpha value is -1.80. The van der Waals surface area contributed by atoms with Crippen LogP contribution in [0, 0.1) is 5.92 Å². The first-order valence-electron chi connectivity index (χ1n) is 9.14. The van der Waals surface area contributed by atoms with E-state index in [0.29, 0.717) is 19.6 Å². The molecule has 0 saturated heterocycles. The first-order valence-corrected chi connectivity index (χ1v) is 9.96. The van der Waals surface area contributed by atoms with Crippen LogP contribution in [0.15, 0.2) is 12.1 Å². The van der Waals surface area contributed by atoms with Crippen LogP contribution in [0.5, 0.6) is 0 Å². The van der Waals surface area contributed by atoms with E-state index in [1.54, 1.807) is 18.4 Å². The van der Waals surface area contributed by atoms with Crippen molar-refractivity contribution in [3.8, 4) is 0 Å². The van der Waals surface area contributed by atoms with Gasteiger partial charge in [-0.2, -0.15) is 0 Å². The number of nitrogens with one attached hydrogen (secondary N) is 2. The summed E-state index contributed by atoms with van der Waals surface area (Å²) in [6, 6.07) is 3.93. The summed E-state index contributed by atoms with van der Waals surface area (Å²) in [4.78, 5) is 30.0.